The number of amides is 1. The summed E-state index contributed by atoms with van der Waals surface area (Å²) in [5.41, 5.74) is 0.711. The van der Waals surface area contributed by atoms with Crippen molar-refractivity contribution in [2.75, 3.05) is 17.7 Å². The molecule has 3 rings (SSSR count). The van der Waals surface area contributed by atoms with E-state index in [1.165, 1.54) is 17.4 Å². The summed E-state index contributed by atoms with van der Waals surface area (Å²) in [6, 6.07) is 16.8. The number of aromatic nitrogens is 2. The highest BCUT2D eigenvalue weighted by Gasteiger charge is 2.12. The van der Waals surface area contributed by atoms with E-state index in [9.17, 15) is 10.1 Å². The maximum Gasteiger partial charge on any atom is 0.268 e. The Bertz CT molecular complexity index is 1090. The van der Waals surface area contributed by atoms with Crippen LogP contribution in [0.25, 0.3) is 6.08 Å². The van der Waals surface area contributed by atoms with Crippen molar-refractivity contribution in [3.8, 4) is 11.8 Å². The van der Waals surface area contributed by atoms with Crippen LogP contribution in [-0.4, -0.2) is 28.5 Å². The summed E-state index contributed by atoms with van der Waals surface area (Å²) in [7, 11) is 0. The van der Waals surface area contributed by atoms with Gasteiger partial charge in [0.1, 0.15) is 22.4 Å². The van der Waals surface area contributed by atoms with Gasteiger partial charge in [-0.25, -0.2) is 0 Å². The monoisotopic (exact) mass is 470 g/mol. The number of rotatable bonds is 9. The van der Waals surface area contributed by atoms with E-state index in [1.807, 2.05) is 49.4 Å². The molecule has 6 nitrogen and oxygen atoms in total. The Balaban J connectivity index is 1.51. The first-order chi connectivity index (χ1) is 15.1. The first-order valence-electron chi connectivity index (χ1n) is 9.44. The summed E-state index contributed by atoms with van der Waals surface area (Å²) in [6.07, 6.45) is 2.26. The Hall–Kier alpha value is -2.86. The molecule has 0 spiro atoms. The average Bonchev–Trinajstić information content (AvgIpc) is 3.24. The lowest BCUT2D eigenvalue weighted by molar-refractivity contribution is -0.112. The SMILES string of the molecule is CCc1nnc(NC(=O)/C(C#N)=C\c2ccc(OCCSc3ccc(Cl)cc3)cc2)s1. The van der Waals surface area contributed by atoms with Crippen molar-refractivity contribution in [1.29, 1.82) is 5.26 Å². The summed E-state index contributed by atoms with van der Waals surface area (Å²) in [6.45, 7) is 2.51. The van der Waals surface area contributed by atoms with Crippen molar-refractivity contribution in [2.24, 2.45) is 0 Å². The van der Waals surface area contributed by atoms with Crippen LogP contribution >= 0.6 is 34.7 Å². The van der Waals surface area contributed by atoms with Gasteiger partial charge in [-0.05, 0) is 54.5 Å². The Morgan fingerprint density at radius 1 is 1.23 bits per heavy atom. The van der Waals surface area contributed by atoms with Gasteiger partial charge < -0.3 is 4.74 Å². The highest BCUT2D eigenvalue weighted by molar-refractivity contribution is 7.99. The third-order valence-corrected chi connectivity index (χ3v) is 6.19. The van der Waals surface area contributed by atoms with Crippen LogP contribution in [0, 0.1) is 11.3 Å². The van der Waals surface area contributed by atoms with Gasteiger partial charge in [0, 0.05) is 15.7 Å². The molecule has 0 radical (unpaired) electrons. The molecule has 1 N–H and O–H groups in total. The molecule has 0 atom stereocenters. The minimum Gasteiger partial charge on any atom is -0.493 e. The number of aryl methyl sites for hydroxylation is 1. The van der Waals surface area contributed by atoms with E-state index in [4.69, 9.17) is 16.3 Å². The fraction of sp³-hybridized carbons (Fsp3) is 0.182. The van der Waals surface area contributed by atoms with Gasteiger partial charge in [-0.15, -0.1) is 22.0 Å². The van der Waals surface area contributed by atoms with E-state index >= 15 is 0 Å². The molecule has 0 saturated carbocycles. The number of halogens is 1. The van der Waals surface area contributed by atoms with Crippen LogP contribution < -0.4 is 10.1 Å². The maximum absolute atomic E-state index is 12.3. The van der Waals surface area contributed by atoms with Crippen LogP contribution in [0.1, 0.15) is 17.5 Å². The predicted octanol–water partition coefficient (Wildman–Crippen LogP) is 5.47. The van der Waals surface area contributed by atoms with E-state index < -0.39 is 5.91 Å². The Morgan fingerprint density at radius 2 is 1.97 bits per heavy atom. The molecule has 0 unspecified atom stereocenters. The molecule has 0 aliphatic heterocycles. The van der Waals surface area contributed by atoms with Gasteiger partial charge in [0.25, 0.3) is 5.91 Å². The van der Waals surface area contributed by atoms with Crippen molar-refractivity contribution in [1.82, 2.24) is 10.2 Å². The van der Waals surface area contributed by atoms with Crippen molar-refractivity contribution >= 4 is 51.8 Å². The number of hydrogen-bond acceptors (Lipinski definition) is 7. The molecule has 1 amide bonds. The number of nitrogens with zero attached hydrogens (tertiary/aromatic N) is 3. The number of ether oxygens (including phenoxy) is 1. The smallest absolute Gasteiger partial charge is 0.268 e. The summed E-state index contributed by atoms with van der Waals surface area (Å²) < 4.78 is 5.75. The molecule has 3 aromatic rings. The predicted molar refractivity (Wildman–Crippen MR) is 126 cm³/mol. The molecule has 158 valence electrons. The van der Waals surface area contributed by atoms with Gasteiger partial charge in [0.05, 0.1) is 6.61 Å². The first-order valence-corrected chi connectivity index (χ1v) is 11.6. The van der Waals surface area contributed by atoms with E-state index in [1.54, 1.807) is 23.9 Å². The van der Waals surface area contributed by atoms with Gasteiger partial charge in [-0.3, -0.25) is 10.1 Å². The maximum atomic E-state index is 12.3. The number of nitrogens with one attached hydrogen (secondary N) is 1. The Labute approximate surface area is 193 Å². The largest absolute Gasteiger partial charge is 0.493 e. The average molecular weight is 471 g/mol. The zero-order valence-electron chi connectivity index (χ0n) is 16.7. The van der Waals surface area contributed by atoms with Crippen LogP contribution in [0.15, 0.2) is 59.0 Å². The molecule has 0 aliphatic carbocycles. The number of hydrogen-bond donors (Lipinski definition) is 1. The van der Waals surface area contributed by atoms with Crippen LogP contribution in [0.3, 0.4) is 0 Å². The molecular weight excluding hydrogens is 452 g/mol. The molecule has 0 saturated heterocycles. The molecule has 0 bridgehead atoms. The highest BCUT2D eigenvalue weighted by atomic mass is 35.5. The van der Waals surface area contributed by atoms with E-state index in [2.05, 4.69) is 15.5 Å². The molecule has 1 aromatic heterocycles. The van der Waals surface area contributed by atoms with Gasteiger partial charge in [0.2, 0.25) is 5.13 Å². The molecule has 0 fully saturated rings. The van der Waals surface area contributed by atoms with Crippen molar-refractivity contribution in [3.63, 3.8) is 0 Å². The standard InChI is InChI=1S/C22H19ClN4O2S2/c1-2-20-26-27-22(31-20)25-21(28)16(14-24)13-15-3-7-18(8-4-15)29-11-12-30-19-9-5-17(23)6-10-19/h3-10,13H,2,11-12H2,1H3,(H,25,27,28)/b16-13-. The fourth-order valence-electron chi connectivity index (χ4n) is 2.44. The van der Waals surface area contributed by atoms with Gasteiger partial charge in [-0.2, -0.15) is 5.26 Å². The minimum atomic E-state index is -0.513. The normalized spacial score (nSPS) is 11.1. The second-order valence-electron chi connectivity index (χ2n) is 6.20. The number of nitriles is 1. The molecule has 2 aromatic carbocycles. The topological polar surface area (TPSA) is 87.9 Å². The van der Waals surface area contributed by atoms with Gasteiger partial charge in [-0.1, -0.05) is 42.0 Å². The summed E-state index contributed by atoms with van der Waals surface area (Å²) in [5, 5.41) is 21.7. The third-order valence-electron chi connectivity index (χ3n) is 3.98. The number of carbonyl (C=O) groups is 1. The van der Waals surface area contributed by atoms with Gasteiger partial charge in [0.15, 0.2) is 0 Å². The van der Waals surface area contributed by atoms with Crippen molar-refractivity contribution in [2.45, 2.75) is 18.2 Å². The zero-order chi connectivity index (χ0) is 22.1. The van der Waals surface area contributed by atoms with E-state index in [-0.39, 0.29) is 5.57 Å². The second-order valence-corrected chi connectivity index (χ2v) is 8.87. The quantitative estimate of drug-likeness (QED) is 0.193. The molecule has 31 heavy (non-hydrogen) atoms. The summed E-state index contributed by atoms with van der Waals surface area (Å²) >= 11 is 8.86. The number of anilines is 1. The van der Waals surface area contributed by atoms with E-state index in [0.717, 1.165) is 38.4 Å². The van der Waals surface area contributed by atoms with Crippen LogP contribution in [-0.2, 0) is 11.2 Å². The lowest BCUT2D eigenvalue weighted by atomic mass is 10.1. The Morgan fingerprint density at radius 3 is 2.61 bits per heavy atom. The number of carbonyl (C=O) groups excluding carboxylic acids is 1. The summed E-state index contributed by atoms with van der Waals surface area (Å²) in [4.78, 5) is 13.5. The molecular formula is C22H19ClN4O2S2. The van der Waals surface area contributed by atoms with E-state index in [0.29, 0.717) is 11.7 Å². The number of thioether (sulfide) groups is 1. The zero-order valence-corrected chi connectivity index (χ0v) is 19.1. The van der Waals surface area contributed by atoms with Crippen LogP contribution in [0.4, 0.5) is 5.13 Å². The lowest BCUT2D eigenvalue weighted by Gasteiger charge is -2.07. The molecule has 9 heteroatoms. The molecule has 0 aliphatic rings. The third kappa shape index (κ3) is 7.10. The summed E-state index contributed by atoms with van der Waals surface area (Å²) in [5.74, 6) is 1.01. The minimum absolute atomic E-state index is 0.0127. The van der Waals surface area contributed by atoms with Crippen LogP contribution in [0.5, 0.6) is 5.75 Å². The van der Waals surface area contributed by atoms with Crippen molar-refractivity contribution in [3.05, 3.63) is 69.7 Å². The second kappa shape index (κ2) is 11.5. The highest BCUT2D eigenvalue weighted by Crippen LogP contribution is 2.21. The van der Waals surface area contributed by atoms with Crippen molar-refractivity contribution < 1.29 is 9.53 Å². The Kier molecular flexibility index (Phi) is 8.47. The molecule has 1 heterocycles. The first kappa shape index (κ1) is 22.8. The lowest BCUT2D eigenvalue weighted by Crippen LogP contribution is -2.13. The number of benzene rings is 2. The van der Waals surface area contributed by atoms with Gasteiger partial charge >= 0.3 is 0 Å². The van der Waals surface area contributed by atoms with Crippen LogP contribution in [0.2, 0.25) is 5.02 Å². The fourth-order valence-corrected chi connectivity index (χ4v) is 3.97.